The zero-order valence-electron chi connectivity index (χ0n) is 12.6. The van der Waals surface area contributed by atoms with E-state index in [1.54, 1.807) is 12.1 Å². The number of furan rings is 1. The lowest BCUT2D eigenvalue weighted by molar-refractivity contribution is -0.384. The van der Waals surface area contributed by atoms with Crippen LogP contribution in [0.3, 0.4) is 0 Å². The van der Waals surface area contributed by atoms with Gasteiger partial charge in [0.2, 0.25) is 5.91 Å². The smallest absolute Gasteiger partial charge is 0.271 e. The Morgan fingerprint density at radius 1 is 1.39 bits per heavy atom. The lowest BCUT2D eigenvalue weighted by atomic mass is 10.2. The van der Waals surface area contributed by atoms with Crippen molar-refractivity contribution < 1.29 is 14.1 Å². The zero-order chi connectivity index (χ0) is 16.4. The van der Waals surface area contributed by atoms with Crippen molar-refractivity contribution in [3.05, 3.63) is 64.1 Å². The summed E-state index contributed by atoms with van der Waals surface area (Å²) in [4.78, 5) is 22.1. The van der Waals surface area contributed by atoms with Crippen LogP contribution < -0.4 is 5.32 Å². The van der Waals surface area contributed by atoms with Gasteiger partial charge in [0.05, 0.1) is 4.92 Å². The predicted molar refractivity (Wildman–Crippen MR) is 86.0 cm³/mol. The molecule has 6 heteroatoms. The van der Waals surface area contributed by atoms with Crippen LogP contribution in [0.15, 0.2) is 46.9 Å². The van der Waals surface area contributed by atoms with Crippen molar-refractivity contribution in [1.29, 1.82) is 0 Å². The summed E-state index contributed by atoms with van der Waals surface area (Å²) >= 11 is 0. The van der Waals surface area contributed by atoms with Crippen LogP contribution in [0.5, 0.6) is 0 Å². The Morgan fingerprint density at radius 2 is 2.17 bits per heavy atom. The Labute approximate surface area is 133 Å². The number of nitro benzene ring substituents is 1. The highest BCUT2D eigenvalue weighted by Gasteiger charge is 2.36. The molecule has 0 radical (unpaired) electrons. The van der Waals surface area contributed by atoms with Crippen molar-refractivity contribution in [2.24, 2.45) is 5.92 Å². The van der Waals surface area contributed by atoms with E-state index >= 15 is 0 Å². The SMILES string of the molecule is CC1CC1c1ccc(/C=C/C(=O)Nc2cccc([N+](=O)[O-])c2)o1. The second kappa shape index (κ2) is 6.08. The Hall–Kier alpha value is -2.89. The number of hydrogen-bond acceptors (Lipinski definition) is 4. The van der Waals surface area contributed by atoms with Crippen LogP contribution in [-0.4, -0.2) is 10.8 Å². The first kappa shape index (κ1) is 15.0. The molecule has 1 aliphatic rings. The van der Waals surface area contributed by atoms with Crippen molar-refractivity contribution in [2.75, 3.05) is 5.32 Å². The second-order valence-electron chi connectivity index (χ2n) is 5.69. The Morgan fingerprint density at radius 3 is 2.87 bits per heavy atom. The third-order valence-electron chi connectivity index (χ3n) is 3.85. The molecule has 1 N–H and O–H groups in total. The van der Waals surface area contributed by atoms with E-state index in [4.69, 9.17) is 4.42 Å². The number of nitrogens with one attached hydrogen (secondary N) is 1. The number of benzene rings is 1. The minimum absolute atomic E-state index is 0.0685. The molecule has 3 rings (SSSR count). The van der Waals surface area contributed by atoms with Gasteiger partial charge in [0, 0.05) is 29.8 Å². The molecular formula is C17H16N2O4. The molecule has 1 amide bonds. The highest BCUT2D eigenvalue weighted by atomic mass is 16.6. The molecule has 0 bridgehead atoms. The van der Waals surface area contributed by atoms with Crippen LogP contribution in [0.2, 0.25) is 0 Å². The average molecular weight is 312 g/mol. The Balaban J connectivity index is 1.61. The van der Waals surface area contributed by atoms with Crippen LogP contribution in [0.1, 0.15) is 30.8 Å². The van der Waals surface area contributed by atoms with E-state index in [-0.39, 0.29) is 11.6 Å². The first-order chi connectivity index (χ1) is 11.0. The van der Waals surface area contributed by atoms with E-state index in [1.165, 1.54) is 24.3 Å². The third-order valence-corrected chi connectivity index (χ3v) is 3.85. The molecule has 2 unspecified atom stereocenters. The number of amides is 1. The molecule has 1 aromatic carbocycles. The van der Waals surface area contributed by atoms with Gasteiger partial charge < -0.3 is 9.73 Å². The fraction of sp³-hybridized carbons (Fsp3) is 0.235. The second-order valence-corrected chi connectivity index (χ2v) is 5.69. The number of rotatable bonds is 5. The van der Waals surface area contributed by atoms with Crippen LogP contribution >= 0.6 is 0 Å². The monoisotopic (exact) mass is 312 g/mol. The standard InChI is InChI=1S/C17H16N2O4/c1-11-9-15(11)16-7-5-14(23-16)6-8-17(20)18-12-3-2-4-13(10-12)19(21)22/h2-8,10-11,15H,9H2,1H3,(H,18,20)/b8-6+. The largest absolute Gasteiger partial charge is 0.461 e. The summed E-state index contributed by atoms with van der Waals surface area (Å²) in [6.45, 7) is 2.18. The van der Waals surface area contributed by atoms with E-state index < -0.39 is 4.92 Å². The molecule has 1 aromatic heterocycles. The molecule has 0 spiro atoms. The maximum Gasteiger partial charge on any atom is 0.271 e. The summed E-state index contributed by atoms with van der Waals surface area (Å²) in [5, 5.41) is 13.3. The van der Waals surface area contributed by atoms with E-state index in [2.05, 4.69) is 12.2 Å². The van der Waals surface area contributed by atoms with E-state index in [0.717, 1.165) is 12.2 Å². The number of nitrogens with zero attached hydrogens (tertiary/aromatic N) is 1. The third kappa shape index (κ3) is 3.66. The number of hydrogen-bond donors (Lipinski definition) is 1. The maximum atomic E-state index is 11.9. The van der Waals surface area contributed by atoms with Gasteiger partial charge in [-0.15, -0.1) is 0 Å². The fourth-order valence-corrected chi connectivity index (χ4v) is 2.41. The van der Waals surface area contributed by atoms with Gasteiger partial charge in [-0.05, 0) is 36.6 Å². The minimum Gasteiger partial charge on any atom is -0.461 e. The normalized spacial score (nSPS) is 19.7. The van der Waals surface area contributed by atoms with Gasteiger partial charge in [-0.25, -0.2) is 0 Å². The Bertz CT molecular complexity index is 778. The topological polar surface area (TPSA) is 85.4 Å². The number of non-ortho nitro benzene ring substituents is 1. The van der Waals surface area contributed by atoms with E-state index in [1.807, 2.05) is 12.1 Å². The average Bonchev–Trinajstić information content (AvgIpc) is 3.07. The zero-order valence-corrected chi connectivity index (χ0v) is 12.6. The highest BCUT2D eigenvalue weighted by molar-refractivity contribution is 6.01. The van der Waals surface area contributed by atoms with Crippen LogP contribution in [-0.2, 0) is 4.79 Å². The summed E-state index contributed by atoms with van der Waals surface area (Å²) in [5.41, 5.74) is 0.307. The number of nitro groups is 1. The molecule has 1 saturated carbocycles. The highest BCUT2D eigenvalue weighted by Crippen LogP contribution is 2.47. The van der Waals surface area contributed by atoms with Gasteiger partial charge >= 0.3 is 0 Å². The lowest BCUT2D eigenvalue weighted by Gasteiger charge is -2.01. The predicted octanol–water partition coefficient (Wildman–Crippen LogP) is 3.96. The Kier molecular flexibility index (Phi) is 3.97. The summed E-state index contributed by atoms with van der Waals surface area (Å²) < 4.78 is 5.67. The lowest BCUT2D eigenvalue weighted by Crippen LogP contribution is -2.07. The van der Waals surface area contributed by atoms with Gasteiger partial charge in [-0.2, -0.15) is 0 Å². The molecule has 6 nitrogen and oxygen atoms in total. The van der Waals surface area contributed by atoms with Gasteiger partial charge in [0.15, 0.2) is 0 Å². The van der Waals surface area contributed by atoms with Crippen molar-refractivity contribution in [2.45, 2.75) is 19.3 Å². The maximum absolute atomic E-state index is 11.9. The van der Waals surface area contributed by atoms with Gasteiger partial charge in [-0.3, -0.25) is 14.9 Å². The molecule has 0 aliphatic heterocycles. The van der Waals surface area contributed by atoms with Gasteiger partial charge in [0.25, 0.3) is 5.69 Å². The fourth-order valence-electron chi connectivity index (χ4n) is 2.41. The molecule has 118 valence electrons. The van der Waals surface area contributed by atoms with Crippen LogP contribution in [0.25, 0.3) is 6.08 Å². The molecule has 1 fully saturated rings. The number of anilines is 1. The molecule has 23 heavy (non-hydrogen) atoms. The van der Waals surface area contributed by atoms with Gasteiger partial charge in [0.1, 0.15) is 11.5 Å². The molecular weight excluding hydrogens is 296 g/mol. The van der Waals surface area contributed by atoms with Crippen molar-refractivity contribution >= 4 is 23.4 Å². The summed E-state index contributed by atoms with van der Waals surface area (Å²) in [7, 11) is 0. The molecule has 1 aliphatic carbocycles. The van der Waals surface area contributed by atoms with E-state index in [9.17, 15) is 14.9 Å². The molecule has 1 heterocycles. The molecule has 0 saturated heterocycles. The quantitative estimate of drug-likeness (QED) is 0.514. The summed E-state index contributed by atoms with van der Waals surface area (Å²) in [6, 6.07) is 9.56. The van der Waals surface area contributed by atoms with Crippen LogP contribution in [0.4, 0.5) is 11.4 Å². The first-order valence-electron chi connectivity index (χ1n) is 7.36. The van der Waals surface area contributed by atoms with Gasteiger partial charge in [-0.1, -0.05) is 13.0 Å². The number of carbonyl (C=O) groups is 1. The van der Waals surface area contributed by atoms with E-state index in [0.29, 0.717) is 23.3 Å². The van der Waals surface area contributed by atoms with Crippen molar-refractivity contribution in [3.8, 4) is 0 Å². The molecule has 2 aromatic rings. The molecule has 2 atom stereocenters. The first-order valence-corrected chi connectivity index (χ1v) is 7.36. The number of carbonyl (C=O) groups excluding carboxylic acids is 1. The summed E-state index contributed by atoms with van der Waals surface area (Å²) in [5.74, 6) is 2.36. The van der Waals surface area contributed by atoms with Crippen molar-refractivity contribution in [3.63, 3.8) is 0 Å². The minimum atomic E-state index is -0.505. The summed E-state index contributed by atoms with van der Waals surface area (Å²) in [6.07, 6.45) is 4.07. The van der Waals surface area contributed by atoms with Crippen molar-refractivity contribution in [1.82, 2.24) is 0 Å². The van der Waals surface area contributed by atoms with Crippen LogP contribution in [0, 0.1) is 16.0 Å².